The van der Waals surface area contributed by atoms with Gasteiger partial charge in [0.25, 0.3) is 0 Å². The van der Waals surface area contributed by atoms with Crippen LogP contribution >= 0.6 is 0 Å². The summed E-state index contributed by atoms with van der Waals surface area (Å²) in [7, 11) is -3.67. The number of carboxylic acids is 1. The van der Waals surface area contributed by atoms with Crippen molar-refractivity contribution in [3.8, 4) is 0 Å². The summed E-state index contributed by atoms with van der Waals surface area (Å²) in [6.45, 7) is 0. The van der Waals surface area contributed by atoms with Gasteiger partial charge in [-0.3, -0.25) is 4.79 Å². The Morgan fingerprint density at radius 2 is 1.85 bits per heavy atom. The molecule has 0 amide bonds. The van der Waals surface area contributed by atoms with E-state index in [0.717, 1.165) is 48.5 Å². The monoisotopic (exact) mass is 467 g/mol. The van der Waals surface area contributed by atoms with Crippen LogP contribution in [0.2, 0.25) is 0 Å². The van der Waals surface area contributed by atoms with Gasteiger partial charge in [0, 0.05) is 23.2 Å². The number of unbranched alkanes of at least 4 members (excludes halogenated alkanes) is 1. The molecule has 2 bridgehead atoms. The third-order valence-electron chi connectivity index (χ3n) is 7.37. The third kappa shape index (κ3) is 4.44. The number of allylic oxidation sites excluding steroid dienone is 2. The maximum Gasteiger partial charge on any atom is 0.303 e. The molecular weight excluding hydrogens is 438 g/mol. The van der Waals surface area contributed by atoms with Crippen molar-refractivity contribution >= 4 is 37.9 Å². The van der Waals surface area contributed by atoms with E-state index in [1.54, 1.807) is 18.2 Å². The molecule has 2 aliphatic carbocycles. The zero-order valence-electron chi connectivity index (χ0n) is 18.4. The lowest BCUT2D eigenvalue weighted by molar-refractivity contribution is -0.137. The number of hydrogen-bond donors (Lipinski definition) is 2. The number of hydrogen-bond acceptors (Lipinski definition) is 4. The zero-order valence-corrected chi connectivity index (χ0v) is 19.3. The first-order valence-electron chi connectivity index (χ1n) is 11.7. The summed E-state index contributed by atoms with van der Waals surface area (Å²) in [6.07, 6.45) is 9.83. The Hall–Kier alpha value is -2.64. The Labute approximate surface area is 193 Å². The number of benzene rings is 2. The fraction of sp³-hybridized carbons (Fsp3) is 0.423. The molecule has 2 aliphatic rings. The maximum atomic E-state index is 13.4. The summed E-state index contributed by atoms with van der Waals surface area (Å²) in [5.41, 5.74) is 1.43. The molecule has 2 fully saturated rings. The van der Waals surface area contributed by atoms with E-state index in [4.69, 9.17) is 9.52 Å². The van der Waals surface area contributed by atoms with Crippen molar-refractivity contribution in [3.05, 3.63) is 54.6 Å². The second kappa shape index (κ2) is 8.95. The fourth-order valence-electron chi connectivity index (χ4n) is 5.80. The first-order chi connectivity index (χ1) is 15.9. The van der Waals surface area contributed by atoms with Crippen molar-refractivity contribution < 1.29 is 22.7 Å². The molecule has 174 valence electrons. The normalized spacial score (nSPS) is 25.0. The molecule has 1 aromatic heterocycles. The van der Waals surface area contributed by atoms with Crippen LogP contribution in [0.3, 0.4) is 0 Å². The number of sulfonamides is 1. The van der Waals surface area contributed by atoms with Crippen LogP contribution in [0, 0.1) is 17.8 Å². The molecule has 0 spiro atoms. The van der Waals surface area contributed by atoms with Gasteiger partial charge in [-0.25, -0.2) is 13.1 Å². The van der Waals surface area contributed by atoms with Gasteiger partial charge in [0.2, 0.25) is 10.0 Å². The molecule has 7 heteroatoms. The van der Waals surface area contributed by atoms with E-state index in [2.05, 4.69) is 10.8 Å². The van der Waals surface area contributed by atoms with E-state index >= 15 is 0 Å². The number of para-hydroxylation sites is 1. The molecule has 0 aliphatic heterocycles. The summed E-state index contributed by atoms with van der Waals surface area (Å²) < 4.78 is 35.6. The molecule has 4 atom stereocenters. The highest BCUT2D eigenvalue weighted by Gasteiger charge is 2.48. The van der Waals surface area contributed by atoms with E-state index in [1.165, 1.54) is 0 Å². The number of fused-ring (bicyclic) bond motifs is 5. The Morgan fingerprint density at radius 1 is 1.06 bits per heavy atom. The van der Waals surface area contributed by atoms with Gasteiger partial charge in [-0.15, -0.1) is 0 Å². The van der Waals surface area contributed by atoms with E-state index in [9.17, 15) is 13.2 Å². The number of rotatable bonds is 9. The fourth-order valence-corrected chi connectivity index (χ4v) is 7.18. The average Bonchev–Trinajstić information content (AvgIpc) is 3.49. The standard InChI is InChI=1S/C26H29NO5S/c28-25(29)10-4-2-1-3-7-20-17-11-12-18(15-17)26(20)27-33(30,31)19-13-14-24-22(16-19)21-8-5-6-9-23(21)32-24/h1,3,5-6,8-9,13-14,16-18,20,26-27H,2,4,7,10-12,15H2,(H,28,29)/b3-1-/t17-,18+,20-,26-/m1/s1. The van der Waals surface area contributed by atoms with E-state index in [-0.39, 0.29) is 23.3 Å². The first-order valence-corrected chi connectivity index (χ1v) is 13.2. The summed E-state index contributed by atoms with van der Waals surface area (Å²) in [5.74, 6) is 0.445. The lowest BCUT2D eigenvalue weighted by atomic mass is 9.83. The van der Waals surface area contributed by atoms with Gasteiger partial charge < -0.3 is 9.52 Å². The predicted octanol–water partition coefficient (Wildman–Crippen LogP) is 5.48. The highest BCUT2D eigenvalue weighted by Crippen LogP contribution is 2.50. The maximum absolute atomic E-state index is 13.4. The number of aliphatic carboxylic acids is 1. The minimum atomic E-state index is -3.67. The molecule has 1 heterocycles. The summed E-state index contributed by atoms with van der Waals surface area (Å²) in [6, 6.07) is 12.7. The number of carboxylic acid groups (broad SMARTS) is 1. The number of furan rings is 1. The molecule has 3 aromatic rings. The molecular formula is C26H29NO5S. The molecule has 2 saturated carbocycles. The molecule has 5 rings (SSSR count). The quantitative estimate of drug-likeness (QED) is 0.321. The van der Waals surface area contributed by atoms with Gasteiger partial charge in [-0.1, -0.05) is 30.4 Å². The summed E-state index contributed by atoms with van der Waals surface area (Å²) in [4.78, 5) is 10.9. The second-order valence-electron chi connectivity index (χ2n) is 9.39. The topological polar surface area (TPSA) is 96.6 Å². The molecule has 0 unspecified atom stereocenters. The van der Waals surface area contributed by atoms with Crippen molar-refractivity contribution in [2.24, 2.45) is 17.8 Å². The molecule has 2 N–H and O–H groups in total. The first kappa shape index (κ1) is 22.2. The van der Waals surface area contributed by atoms with Crippen molar-refractivity contribution in [1.29, 1.82) is 0 Å². The smallest absolute Gasteiger partial charge is 0.303 e. The number of carbonyl (C=O) groups is 1. The van der Waals surface area contributed by atoms with Crippen LogP contribution in [0.15, 0.2) is 63.9 Å². The van der Waals surface area contributed by atoms with Gasteiger partial charge in [-0.2, -0.15) is 0 Å². The Balaban J connectivity index is 1.33. The Morgan fingerprint density at radius 3 is 2.70 bits per heavy atom. The van der Waals surface area contributed by atoms with E-state index < -0.39 is 16.0 Å². The van der Waals surface area contributed by atoms with Gasteiger partial charge in [-0.05, 0) is 80.5 Å². The van der Waals surface area contributed by atoms with Crippen LogP contribution < -0.4 is 4.72 Å². The molecule has 0 radical (unpaired) electrons. The summed E-state index contributed by atoms with van der Waals surface area (Å²) in [5, 5.41) is 10.5. The van der Waals surface area contributed by atoms with Crippen molar-refractivity contribution in [1.82, 2.24) is 4.72 Å². The summed E-state index contributed by atoms with van der Waals surface area (Å²) >= 11 is 0. The van der Waals surface area contributed by atoms with Crippen LogP contribution in [0.25, 0.3) is 21.9 Å². The van der Waals surface area contributed by atoms with Gasteiger partial charge >= 0.3 is 5.97 Å². The minimum absolute atomic E-state index is 0.0609. The van der Waals surface area contributed by atoms with Gasteiger partial charge in [0.15, 0.2) is 0 Å². The molecule has 6 nitrogen and oxygen atoms in total. The second-order valence-corrected chi connectivity index (χ2v) is 11.1. The zero-order chi connectivity index (χ0) is 23.0. The lowest BCUT2D eigenvalue weighted by Gasteiger charge is -2.31. The lowest BCUT2D eigenvalue weighted by Crippen LogP contribution is -2.43. The van der Waals surface area contributed by atoms with Gasteiger partial charge in [0.1, 0.15) is 11.2 Å². The van der Waals surface area contributed by atoms with Gasteiger partial charge in [0.05, 0.1) is 4.90 Å². The van der Waals surface area contributed by atoms with Crippen molar-refractivity contribution in [2.45, 2.75) is 55.9 Å². The Kier molecular flexibility index (Phi) is 6.01. The Bertz CT molecular complexity index is 1310. The largest absolute Gasteiger partial charge is 0.481 e. The van der Waals surface area contributed by atoms with E-state index in [1.807, 2.05) is 30.3 Å². The van der Waals surface area contributed by atoms with Crippen LogP contribution in [0.5, 0.6) is 0 Å². The van der Waals surface area contributed by atoms with Crippen LogP contribution in [-0.4, -0.2) is 25.5 Å². The van der Waals surface area contributed by atoms with Crippen molar-refractivity contribution in [3.63, 3.8) is 0 Å². The third-order valence-corrected chi connectivity index (χ3v) is 8.83. The minimum Gasteiger partial charge on any atom is -0.481 e. The van der Waals surface area contributed by atoms with Crippen molar-refractivity contribution in [2.75, 3.05) is 0 Å². The predicted molar refractivity (Wildman–Crippen MR) is 127 cm³/mol. The molecule has 0 saturated heterocycles. The molecule has 2 aromatic carbocycles. The van der Waals surface area contributed by atoms with E-state index in [0.29, 0.717) is 23.8 Å². The molecule has 33 heavy (non-hydrogen) atoms. The average molecular weight is 468 g/mol. The van der Waals surface area contributed by atoms with Crippen LogP contribution in [-0.2, 0) is 14.8 Å². The highest BCUT2D eigenvalue weighted by atomic mass is 32.2. The van der Waals surface area contributed by atoms with Crippen LogP contribution in [0.4, 0.5) is 0 Å². The number of nitrogens with one attached hydrogen (secondary N) is 1. The highest BCUT2D eigenvalue weighted by molar-refractivity contribution is 7.89. The van der Waals surface area contributed by atoms with Crippen LogP contribution in [0.1, 0.15) is 44.9 Å². The SMILES string of the molecule is O=C(O)CCC/C=C\C[C@@H]1[C@@H]2CC[C@@H](C2)[C@H]1NS(=O)(=O)c1ccc2oc3ccccc3c2c1.